The van der Waals surface area contributed by atoms with Crippen LogP contribution in [0.25, 0.3) is 11.0 Å². The second-order valence-electron chi connectivity index (χ2n) is 8.00. The molecule has 0 saturated heterocycles. The Kier molecular flexibility index (Phi) is 4.20. The van der Waals surface area contributed by atoms with Gasteiger partial charge in [0.25, 0.3) is 0 Å². The highest BCUT2D eigenvalue weighted by Gasteiger charge is 2.26. The van der Waals surface area contributed by atoms with Crippen LogP contribution in [0, 0.1) is 0 Å². The average molecular weight is 411 g/mol. The zero-order chi connectivity index (χ0) is 20.8. The molecule has 5 heteroatoms. The van der Waals surface area contributed by atoms with Crippen LogP contribution >= 0.6 is 0 Å². The summed E-state index contributed by atoms with van der Waals surface area (Å²) in [4.78, 5) is 14.6. The van der Waals surface area contributed by atoms with E-state index in [2.05, 4.69) is 4.90 Å². The summed E-state index contributed by atoms with van der Waals surface area (Å²) in [5.41, 5.74) is 4.40. The van der Waals surface area contributed by atoms with Crippen LogP contribution in [0.3, 0.4) is 0 Å². The van der Waals surface area contributed by atoms with Gasteiger partial charge in [-0.05, 0) is 73.4 Å². The van der Waals surface area contributed by atoms with Gasteiger partial charge in [0.1, 0.15) is 22.8 Å². The maximum absolute atomic E-state index is 12.5. The number of fused-ring (bicyclic) bond motifs is 5. The predicted octanol–water partition coefficient (Wildman–Crippen LogP) is 5.43. The number of hydrogen-bond donors (Lipinski definition) is 0. The Morgan fingerprint density at radius 2 is 1.58 bits per heavy atom. The van der Waals surface area contributed by atoms with Crippen molar-refractivity contribution >= 4 is 16.7 Å². The van der Waals surface area contributed by atoms with Gasteiger partial charge in [-0.3, -0.25) is 0 Å². The smallest absolute Gasteiger partial charge is 0.339 e. The van der Waals surface area contributed by atoms with Gasteiger partial charge in [-0.2, -0.15) is 0 Å². The van der Waals surface area contributed by atoms with Gasteiger partial charge in [0.2, 0.25) is 0 Å². The first-order valence-electron chi connectivity index (χ1n) is 10.6. The fraction of sp³-hybridized carbons (Fsp3) is 0.192. The van der Waals surface area contributed by atoms with Gasteiger partial charge < -0.3 is 18.8 Å². The van der Waals surface area contributed by atoms with E-state index in [4.69, 9.17) is 13.9 Å². The van der Waals surface area contributed by atoms with Crippen molar-refractivity contribution in [1.29, 1.82) is 0 Å². The largest absolute Gasteiger partial charge is 0.473 e. The van der Waals surface area contributed by atoms with E-state index in [1.807, 2.05) is 66.7 Å². The lowest BCUT2D eigenvalue weighted by Gasteiger charge is -2.31. The molecule has 0 radical (unpaired) electrons. The molecule has 0 bridgehead atoms. The molecule has 2 aliphatic rings. The van der Waals surface area contributed by atoms with Crippen molar-refractivity contribution in [2.75, 3.05) is 11.6 Å². The van der Waals surface area contributed by atoms with Gasteiger partial charge in [0.15, 0.2) is 6.73 Å². The second kappa shape index (κ2) is 7.20. The zero-order valence-corrected chi connectivity index (χ0v) is 17.0. The lowest BCUT2D eigenvalue weighted by Crippen LogP contribution is -2.32. The summed E-state index contributed by atoms with van der Waals surface area (Å²) < 4.78 is 17.7. The molecule has 6 rings (SSSR count). The standard InChI is InChI=1S/C26H21NO4/c28-26-22-8-4-7-20(22)21-13-14-24-23(25(21)31-26)15-27(16-29-24)17-9-11-19(12-10-17)30-18-5-2-1-3-6-18/h1-3,5-6,9-14H,4,7-8,15-16H2. The summed E-state index contributed by atoms with van der Waals surface area (Å²) >= 11 is 0. The Balaban J connectivity index is 1.31. The van der Waals surface area contributed by atoms with Crippen molar-refractivity contribution < 1.29 is 13.9 Å². The summed E-state index contributed by atoms with van der Waals surface area (Å²) in [6, 6.07) is 21.7. The quantitative estimate of drug-likeness (QED) is 0.421. The van der Waals surface area contributed by atoms with Crippen molar-refractivity contribution in [1.82, 2.24) is 0 Å². The van der Waals surface area contributed by atoms with E-state index >= 15 is 0 Å². The molecule has 0 unspecified atom stereocenters. The molecule has 0 fully saturated rings. The van der Waals surface area contributed by atoms with Crippen molar-refractivity contribution in [3.63, 3.8) is 0 Å². The monoisotopic (exact) mass is 411 g/mol. The first-order chi connectivity index (χ1) is 15.3. The lowest BCUT2D eigenvalue weighted by molar-refractivity contribution is 0.289. The van der Waals surface area contributed by atoms with Gasteiger partial charge >= 0.3 is 5.63 Å². The maximum atomic E-state index is 12.5. The van der Waals surface area contributed by atoms with Crippen LogP contribution in [-0.4, -0.2) is 6.73 Å². The number of benzene rings is 3. The van der Waals surface area contributed by atoms with Gasteiger partial charge in [-0.25, -0.2) is 4.79 Å². The molecule has 31 heavy (non-hydrogen) atoms. The van der Waals surface area contributed by atoms with E-state index in [9.17, 15) is 4.79 Å². The SMILES string of the molecule is O=c1oc2c3c(ccc2c2c1CCC2)OCN(c1ccc(Oc2ccccc2)cc1)C3. The Morgan fingerprint density at radius 1 is 0.806 bits per heavy atom. The van der Waals surface area contributed by atoms with E-state index in [0.29, 0.717) is 18.9 Å². The third kappa shape index (κ3) is 3.13. The fourth-order valence-electron chi connectivity index (χ4n) is 4.57. The Labute approximate surface area is 179 Å². The Bertz CT molecular complexity index is 1330. The minimum atomic E-state index is -0.201. The number of ether oxygens (including phenoxy) is 2. The predicted molar refractivity (Wildman–Crippen MR) is 119 cm³/mol. The summed E-state index contributed by atoms with van der Waals surface area (Å²) in [5, 5.41) is 1.04. The molecule has 5 nitrogen and oxygen atoms in total. The van der Waals surface area contributed by atoms with E-state index < -0.39 is 0 Å². The molecular formula is C26H21NO4. The third-order valence-corrected chi connectivity index (χ3v) is 6.11. The molecule has 3 aromatic carbocycles. The first kappa shape index (κ1) is 18.1. The number of para-hydroxylation sites is 1. The maximum Gasteiger partial charge on any atom is 0.339 e. The van der Waals surface area contributed by atoms with E-state index in [-0.39, 0.29) is 5.63 Å². The summed E-state index contributed by atoms with van der Waals surface area (Å²) in [6.45, 7) is 1.06. The first-order valence-corrected chi connectivity index (χ1v) is 10.6. The summed E-state index contributed by atoms with van der Waals surface area (Å²) in [5.74, 6) is 2.37. The van der Waals surface area contributed by atoms with Crippen molar-refractivity contribution in [3.05, 3.63) is 93.8 Å². The fourth-order valence-corrected chi connectivity index (χ4v) is 4.57. The topological polar surface area (TPSA) is 51.9 Å². The van der Waals surface area contributed by atoms with Crippen molar-refractivity contribution in [2.45, 2.75) is 25.8 Å². The van der Waals surface area contributed by atoms with Crippen LogP contribution in [0.1, 0.15) is 23.1 Å². The summed E-state index contributed by atoms with van der Waals surface area (Å²) in [7, 11) is 0. The number of aryl methyl sites for hydroxylation is 1. The van der Waals surface area contributed by atoms with Gasteiger partial charge in [-0.1, -0.05) is 18.2 Å². The molecule has 0 atom stereocenters. The molecule has 0 N–H and O–H groups in total. The lowest BCUT2D eigenvalue weighted by atomic mass is 10.0. The van der Waals surface area contributed by atoms with Crippen LogP contribution in [0.5, 0.6) is 17.2 Å². The van der Waals surface area contributed by atoms with Crippen LogP contribution in [0.4, 0.5) is 5.69 Å². The van der Waals surface area contributed by atoms with Crippen molar-refractivity contribution in [2.24, 2.45) is 0 Å². The van der Waals surface area contributed by atoms with Crippen LogP contribution in [0.15, 0.2) is 75.9 Å². The van der Waals surface area contributed by atoms with Gasteiger partial charge in [-0.15, -0.1) is 0 Å². The van der Waals surface area contributed by atoms with Crippen LogP contribution in [-0.2, 0) is 19.4 Å². The Morgan fingerprint density at radius 3 is 2.42 bits per heavy atom. The molecule has 0 saturated carbocycles. The second-order valence-corrected chi connectivity index (χ2v) is 8.00. The van der Waals surface area contributed by atoms with E-state index in [1.54, 1.807) is 0 Å². The van der Waals surface area contributed by atoms with Gasteiger partial charge in [0.05, 0.1) is 12.1 Å². The number of rotatable bonds is 3. The number of nitrogens with zero attached hydrogens (tertiary/aromatic N) is 1. The number of anilines is 1. The highest BCUT2D eigenvalue weighted by atomic mass is 16.5. The van der Waals surface area contributed by atoms with Gasteiger partial charge in [0, 0.05) is 16.6 Å². The van der Waals surface area contributed by atoms with E-state index in [1.165, 1.54) is 0 Å². The number of hydrogen-bond acceptors (Lipinski definition) is 5. The molecular weight excluding hydrogens is 390 g/mol. The minimum absolute atomic E-state index is 0.201. The van der Waals surface area contributed by atoms with Crippen LogP contribution in [0.2, 0.25) is 0 Å². The van der Waals surface area contributed by atoms with Crippen molar-refractivity contribution in [3.8, 4) is 17.2 Å². The molecule has 1 aromatic heterocycles. The summed E-state index contributed by atoms with van der Waals surface area (Å²) in [6.07, 6.45) is 2.75. The minimum Gasteiger partial charge on any atom is -0.473 e. The molecule has 1 aliphatic carbocycles. The average Bonchev–Trinajstić information content (AvgIpc) is 3.31. The molecule has 154 valence electrons. The molecule has 0 spiro atoms. The zero-order valence-electron chi connectivity index (χ0n) is 17.0. The molecule has 2 heterocycles. The molecule has 1 aliphatic heterocycles. The normalized spacial score (nSPS) is 14.8. The Hall–Kier alpha value is -3.73. The molecule has 4 aromatic rings. The highest BCUT2D eigenvalue weighted by molar-refractivity contribution is 5.87. The molecule has 0 amide bonds. The highest BCUT2D eigenvalue weighted by Crippen LogP contribution is 2.37. The third-order valence-electron chi connectivity index (χ3n) is 6.11. The van der Waals surface area contributed by atoms with Crippen LogP contribution < -0.4 is 20.0 Å². The van der Waals surface area contributed by atoms with E-state index in [0.717, 1.165) is 64.3 Å².